The van der Waals surface area contributed by atoms with Gasteiger partial charge in [0.2, 0.25) is 10.0 Å². The van der Waals surface area contributed by atoms with Crippen molar-refractivity contribution in [3.63, 3.8) is 0 Å². The average Bonchev–Trinajstić information content (AvgIpc) is 2.59. The molecule has 0 spiro atoms. The zero-order chi connectivity index (χ0) is 19.3. The Morgan fingerprint density at radius 1 is 1.19 bits per heavy atom. The fourth-order valence-corrected chi connectivity index (χ4v) is 2.85. The lowest BCUT2D eigenvalue weighted by atomic mass is 10.2. The highest BCUT2D eigenvalue weighted by Crippen LogP contribution is 2.22. The Morgan fingerprint density at radius 3 is 2.50 bits per heavy atom. The zero-order valence-corrected chi connectivity index (χ0v) is 16.2. The van der Waals surface area contributed by atoms with E-state index in [2.05, 4.69) is 5.32 Å². The highest BCUT2D eigenvalue weighted by atomic mass is 32.2. The smallest absolute Gasteiger partial charge is 0.265 e. The van der Waals surface area contributed by atoms with Gasteiger partial charge in [-0.2, -0.15) is 0 Å². The van der Waals surface area contributed by atoms with Crippen LogP contribution in [0, 0.1) is 6.92 Å². The van der Waals surface area contributed by atoms with E-state index in [0.717, 1.165) is 16.1 Å². The Hall–Kier alpha value is -2.54. The number of nitrogens with zero attached hydrogens (tertiary/aromatic N) is 1. The van der Waals surface area contributed by atoms with Crippen LogP contribution < -0.4 is 14.4 Å². The van der Waals surface area contributed by atoms with Crippen molar-refractivity contribution in [1.82, 2.24) is 0 Å². The largest absolute Gasteiger partial charge is 0.480 e. The van der Waals surface area contributed by atoms with Gasteiger partial charge in [-0.25, -0.2) is 8.42 Å². The fraction of sp³-hybridized carbons (Fsp3) is 0.316. The molecule has 2 aromatic rings. The number of carbonyl (C=O) groups excluding carboxylic acids is 1. The zero-order valence-electron chi connectivity index (χ0n) is 15.4. The highest BCUT2D eigenvalue weighted by Gasteiger charge is 2.20. The third-order valence-electron chi connectivity index (χ3n) is 4.00. The van der Waals surface area contributed by atoms with Crippen LogP contribution in [-0.2, 0) is 14.8 Å². The molecule has 0 aromatic heterocycles. The van der Waals surface area contributed by atoms with Crippen molar-refractivity contribution in [2.45, 2.75) is 26.4 Å². The van der Waals surface area contributed by atoms with E-state index in [4.69, 9.17) is 4.74 Å². The lowest BCUT2D eigenvalue weighted by Crippen LogP contribution is -2.32. The lowest BCUT2D eigenvalue weighted by molar-refractivity contribution is -0.122. The lowest BCUT2D eigenvalue weighted by Gasteiger charge is -2.20. The van der Waals surface area contributed by atoms with Gasteiger partial charge in [0.1, 0.15) is 5.75 Å². The molecule has 1 amide bonds. The summed E-state index contributed by atoms with van der Waals surface area (Å²) in [4.78, 5) is 12.6. The number of nitrogens with one attached hydrogen (secondary N) is 1. The number of para-hydroxylation sites is 1. The summed E-state index contributed by atoms with van der Waals surface area (Å²) in [5.41, 5.74) is 1.93. The van der Waals surface area contributed by atoms with Crippen LogP contribution in [0.15, 0.2) is 48.5 Å². The van der Waals surface area contributed by atoms with Gasteiger partial charge >= 0.3 is 0 Å². The number of hydrogen-bond acceptors (Lipinski definition) is 4. The fourth-order valence-electron chi connectivity index (χ4n) is 2.36. The molecule has 0 aliphatic rings. The van der Waals surface area contributed by atoms with Crippen molar-refractivity contribution in [2.24, 2.45) is 0 Å². The second-order valence-electron chi connectivity index (χ2n) is 6.05. The maximum atomic E-state index is 12.6. The van der Waals surface area contributed by atoms with E-state index in [1.54, 1.807) is 24.3 Å². The van der Waals surface area contributed by atoms with Crippen LogP contribution in [0.1, 0.15) is 18.9 Å². The first kappa shape index (κ1) is 19.8. The Kier molecular flexibility index (Phi) is 6.26. The molecule has 140 valence electrons. The average molecular weight is 376 g/mol. The monoisotopic (exact) mass is 376 g/mol. The topological polar surface area (TPSA) is 75.7 Å². The van der Waals surface area contributed by atoms with Gasteiger partial charge in [0.25, 0.3) is 5.91 Å². The molecule has 2 rings (SSSR count). The molecule has 0 fully saturated rings. The number of carbonyl (C=O) groups is 1. The number of aryl methyl sites for hydroxylation is 1. The van der Waals surface area contributed by atoms with Crippen LogP contribution >= 0.6 is 0 Å². The van der Waals surface area contributed by atoms with Crippen LogP contribution in [0.5, 0.6) is 5.75 Å². The summed E-state index contributed by atoms with van der Waals surface area (Å²) < 4.78 is 30.3. The van der Waals surface area contributed by atoms with Crippen LogP contribution in [0.3, 0.4) is 0 Å². The maximum Gasteiger partial charge on any atom is 0.265 e. The second-order valence-corrected chi connectivity index (χ2v) is 8.06. The highest BCUT2D eigenvalue weighted by molar-refractivity contribution is 7.92. The van der Waals surface area contributed by atoms with Gasteiger partial charge in [-0.1, -0.05) is 31.2 Å². The van der Waals surface area contributed by atoms with Crippen molar-refractivity contribution in [1.29, 1.82) is 0 Å². The van der Waals surface area contributed by atoms with E-state index in [1.807, 2.05) is 38.1 Å². The van der Waals surface area contributed by atoms with E-state index in [-0.39, 0.29) is 5.91 Å². The minimum atomic E-state index is -3.37. The quantitative estimate of drug-likeness (QED) is 0.805. The van der Waals surface area contributed by atoms with Crippen LogP contribution in [-0.4, -0.2) is 33.7 Å². The first-order valence-corrected chi connectivity index (χ1v) is 10.1. The van der Waals surface area contributed by atoms with E-state index in [0.29, 0.717) is 23.5 Å². The predicted octanol–water partition coefficient (Wildman–Crippen LogP) is 3.19. The van der Waals surface area contributed by atoms with Crippen LogP contribution in [0.4, 0.5) is 11.4 Å². The third-order valence-corrected chi connectivity index (χ3v) is 5.21. The molecule has 0 unspecified atom stereocenters. The molecule has 1 N–H and O–H groups in total. The van der Waals surface area contributed by atoms with Crippen molar-refractivity contribution in [3.05, 3.63) is 54.1 Å². The molecule has 0 heterocycles. The molecule has 26 heavy (non-hydrogen) atoms. The molecule has 0 saturated carbocycles. The number of anilines is 2. The Labute approximate surface area is 154 Å². The van der Waals surface area contributed by atoms with Crippen molar-refractivity contribution in [3.8, 4) is 5.75 Å². The first-order valence-electron chi connectivity index (χ1n) is 8.29. The molecule has 6 nitrogen and oxygen atoms in total. The van der Waals surface area contributed by atoms with Crippen molar-refractivity contribution >= 4 is 27.3 Å². The van der Waals surface area contributed by atoms with Gasteiger partial charge in [0.05, 0.1) is 11.9 Å². The molecule has 0 radical (unpaired) electrons. The van der Waals surface area contributed by atoms with E-state index in [9.17, 15) is 13.2 Å². The minimum Gasteiger partial charge on any atom is -0.480 e. The van der Waals surface area contributed by atoms with E-state index < -0.39 is 16.1 Å². The molecule has 2 aromatic carbocycles. The maximum absolute atomic E-state index is 12.6. The number of hydrogen-bond donors (Lipinski definition) is 1. The first-order chi connectivity index (χ1) is 12.2. The normalized spacial score (nSPS) is 12.3. The Morgan fingerprint density at radius 2 is 1.88 bits per heavy atom. The van der Waals surface area contributed by atoms with Crippen LogP contribution in [0.25, 0.3) is 0 Å². The molecule has 0 saturated heterocycles. The molecule has 1 atom stereocenters. The van der Waals surface area contributed by atoms with Gasteiger partial charge in [-0.15, -0.1) is 0 Å². The summed E-state index contributed by atoms with van der Waals surface area (Å²) in [5, 5.41) is 2.79. The summed E-state index contributed by atoms with van der Waals surface area (Å²) in [6, 6.07) is 14.2. The number of benzene rings is 2. The summed E-state index contributed by atoms with van der Waals surface area (Å²) in [6.45, 7) is 3.79. The molecular weight excluding hydrogens is 352 g/mol. The van der Waals surface area contributed by atoms with Gasteiger partial charge in [-0.05, 0) is 43.2 Å². The van der Waals surface area contributed by atoms with E-state index >= 15 is 0 Å². The number of ether oxygens (including phenoxy) is 1. The molecule has 0 aliphatic heterocycles. The predicted molar refractivity (Wildman–Crippen MR) is 104 cm³/mol. The van der Waals surface area contributed by atoms with Gasteiger partial charge < -0.3 is 10.1 Å². The summed E-state index contributed by atoms with van der Waals surface area (Å²) >= 11 is 0. The van der Waals surface area contributed by atoms with Crippen molar-refractivity contribution < 1.29 is 17.9 Å². The number of rotatable bonds is 7. The third kappa shape index (κ3) is 4.98. The standard InChI is InChI=1S/C19H24N2O4S/c1-5-17(25-18-12-7-6-9-14(18)2)19(22)20-15-10-8-11-16(13-15)21(3)26(4,23)24/h6-13,17H,5H2,1-4H3,(H,20,22)/t17-/m1/s1. The second kappa shape index (κ2) is 8.23. The SMILES string of the molecule is CC[C@@H](Oc1ccccc1C)C(=O)Nc1cccc(N(C)S(C)(=O)=O)c1. The number of amides is 1. The molecule has 0 bridgehead atoms. The number of sulfonamides is 1. The van der Waals surface area contributed by atoms with Gasteiger partial charge in [-0.3, -0.25) is 9.10 Å². The summed E-state index contributed by atoms with van der Waals surface area (Å²) in [7, 11) is -1.91. The van der Waals surface area contributed by atoms with E-state index in [1.165, 1.54) is 7.05 Å². The van der Waals surface area contributed by atoms with Crippen LogP contribution in [0.2, 0.25) is 0 Å². The Balaban J connectivity index is 2.14. The Bertz CT molecular complexity index is 881. The molecular formula is C19H24N2O4S. The van der Waals surface area contributed by atoms with Gasteiger partial charge in [0.15, 0.2) is 6.10 Å². The summed E-state index contributed by atoms with van der Waals surface area (Å²) in [6.07, 6.45) is 0.984. The summed E-state index contributed by atoms with van der Waals surface area (Å²) in [5.74, 6) is 0.384. The van der Waals surface area contributed by atoms with Gasteiger partial charge in [0, 0.05) is 12.7 Å². The molecule has 0 aliphatic carbocycles. The minimum absolute atomic E-state index is 0.282. The van der Waals surface area contributed by atoms with Crippen molar-refractivity contribution in [2.75, 3.05) is 22.9 Å². The molecule has 7 heteroatoms.